The van der Waals surface area contributed by atoms with Gasteiger partial charge in [0.2, 0.25) is 0 Å². The molecule has 0 amide bonds. The van der Waals surface area contributed by atoms with Crippen molar-refractivity contribution >= 4 is 22.4 Å². The normalized spacial score (nSPS) is 10.8. The Morgan fingerprint density at radius 1 is 1.17 bits per heavy atom. The molecule has 118 valence electrons. The molecular formula is C17H17FN4O. The van der Waals surface area contributed by atoms with E-state index in [9.17, 15) is 4.39 Å². The molecule has 0 aliphatic heterocycles. The number of methoxy groups -OCH3 is 1. The molecule has 0 saturated carbocycles. The number of nitrogens with zero attached hydrogens (tertiary/aromatic N) is 2. The van der Waals surface area contributed by atoms with Crippen molar-refractivity contribution < 1.29 is 9.13 Å². The minimum atomic E-state index is -0.411. The van der Waals surface area contributed by atoms with Gasteiger partial charge in [-0.2, -0.15) is 0 Å². The van der Waals surface area contributed by atoms with Crippen LogP contribution in [0.25, 0.3) is 22.0 Å². The van der Waals surface area contributed by atoms with Gasteiger partial charge in [0.05, 0.1) is 18.0 Å². The zero-order valence-corrected chi connectivity index (χ0v) is 13.1. The summed E-state index contributed by atoms with van der Waals surface area (Å²) in [6.07, 6.45) is 0. The number of halogens is 1. The highest BCUT2D eigenvalue weighted by molar-refractivity contribution is 6.06. The zero-order valence-electron chi connectivity index (χ0n) is 13.1. The number of anilines is 2. The molecule has 3 N–H and O–H groups in total. The molecular weight excluding hydrogens is 295 g/mol. The van der Waals surface area contributed by atoms with E-state index in [4.69, 9.17) is 10.5 Å². The molecule has 0 atom stereocenters. The molecule has 23 heavy (non-hydrogen) atoms. The maximum Gasteiger partial charge on any atom is 0.138 e. The summed E-state index contributed by atoms with van der Waals surface area (Å²) in [5, 5.41) is 3.73. The van der Waals surface area contributed by atoms with Gasteiger partial charge in [0.1, 0.15) is 23.2 Å². The van der Waals surface area contributed by atoms with E-state index < -0.39 is 5.82 Å². The maximum absolute atomic E-state index is 14.5. The van der Waals surface area contributed by atoms with Crippen LogP contribution in [0.15, 0.2) is 30.3 Å². The predicted octanol–water partition coefficient (Wildman–Crippen LogP) is 3.38. The van der Waals surface area contributed by atoms with E-state index >= 15 is 0 Å². The minimum absolute atomic E-state index is 0.387. The van der Waals surface area contributed by atoms with Crippen LogP contribution in [0.1, 0.15) is 5.82 Å². The zero-order chi connectivity index (χ0) is 16.6. The minimum Gasteiger partial charge on any atom is -0.497 e. The van der Waals surface area contributed by atoms with E-state index in [1.54, 1.807) is 25.2 Å². The van der Waals surface area contributed by atoms with Crippen molar-refractivity contribution in [2.45, 2.75) is 6.92 Å². The van der Waals surface area contributed by atoms with Crippen molar-refractivity contribution in [2.24, 2.45) is 0 Å². The topological polar surface area (TPSA) is 73.1 Å². The van der Waals surface area contributed by atoms with Gasteiger partial charge < -0.3 is 15.8 Å². The van der Waals surface area contributed by atoms with Crippen molar-refractivity contribution in [1.82, 2.24) is 9.97 Å². The number of benzene rings is 2. The number of aryl methyl sites for hydroxylation is 1. The van der Waals surface area contributed by atoms with Gasteiger partial charge in [0.25, 0.3) is 0 Å². The van der Waals surface area contributed by atoms with Crippen LogP contribution in [0, 0.1) is 12.7 Å². The Morgan fingerprint density at radius 3 is 2.61 bits per heavy atom. The number of nitrogens with one attached hydrogen (secondary N) is 1. The van der Waals surface area contributed by atoms with Gasteiger partial charge in [0.15, 0.2) is 0 Å². The standard InChI is InChI=1S/C17H17FN4O/c1-9-21-14-7-6-13(19)15(16(14)17(20-2)22-9)11-5-4-10(23-3)8-12(11)18/h4-8H,19H2,1-3H3,(H,20,21,22). The van der Waals surface area contributed by atoms with Gasteiger partial charge in [-0.05, 0) is 31.2 Å². The van der Waals surface area contributed by atoms with Crippen LogP contribution >= 0.6 is 0 Å². The van der Waals surface area contributed by atoms with Gasteiger partial charge in [-0.1, -0.05) is 0 Å². The summed E-state index contributed by atoms with van der Waals surface area (Å²) in [7, 11) is 3.26. The Balaban J connectivity index is 2.39. The molecule has 0 saturated heterocycles. The van der Waals surface area contributed by atoms with E-state index in [1.807, 2.05) is 13.0 Å². The van der Waals surface area contributed by atoms with Crippen LogP contribution < -0.4 is 15.8 Å². The molecule has 6 heteroatoms. The number of nitrogen functional groups attached to an aromatic ring is 1. The number of nitrogens with two attached hydrogens (primary N) is 1. The third kappa shape index (κ3) is 2.52. The Hall–Kier alpha value is -2.89. The van der Waals surface area contributed by atoms with Crippen molar-refractivity contribution in [3.63, 3.8) is 0 Å². The number of rotatable bonds is 3. The molecule has 0 spiro atoms. The summed E-state index contributed by atoms with van der Waals surface area (Å²) in [6, 6.07) is 8.23. The molecule has 0 bridgehead atoms. The van der Waals surface area contributed by atoms with Crippen LogP contribution in [-0.2, 0) is 0 Å². The summed E-state index contributed by atoms with van der Waals surface area (Å²) in [6.45, 7) is 1.81. The molecule has 3 rings (SSSR count). The second kappa shape index (κ2) is 5.72. The highest BCUT2D eigenvalue weighted by Crippen LogP contribution is 2.38. The lowest BCUT2D eigenvalue weighted by molar-refractivity contribution is 0.411. The Labute approximate surface area is 133 Å². The molecule has 1 aromatic heterocycles. The number of hydrogen-bond donors (Lipinski definition) is 2. The summed E-state index contributed by atoms with van der Waals surface area (Å²) in [5.74, 6) is 1.29. The second-order valence-corrected chi connectivity index (χ2v) is 5.14. The summed E-state index contributed by atoms with van der Waals surface area (Å²) >= 11 is 0. The van der Waals surface area contributed by atoms with Crippen LogP contribution in [0.3, 0.4) is 0 Å². The van der Waals surface area contributed by atoms with Crippen molar-refractivity contribution in [1.29, 1.82) is 0 Å². The fourth-order valence-electron chi connectivity index (χ4n) is 2.65. The Morgan fingerprint density at radius 2 is 1.96 bits per heavy atom. The maximum atomic E-state index is 14.5. The van der Waals surface area contributed by atoms with E-state index in [-0.39, 0.29) is 0 Å². The van der Waals surface area contributed by atoms with E-state index in [0.717, 1.165) is 0 Å². The molecule has 0 fully saturated rings. The third-order valence-corrected chi connectivity index (χ3v) is 3.69. The van der Waals surface area contributed by atoms with Crippen molar-refractivity contribution in [3.8, 4) is 16.9 Å². The first kappa shape index (κ1) is 15.0. The lowest BCUT2D eigenvalue weighted by Crippen LogP contribution is -2.02. The molecule has 0 radical (unpaired) electrons. The number of aromatic nitrogens is 2. The number of fused-ring (bicyclic) bond motifs is 1. The second-order valence-electron chi connectivity index (χ2n) is 5.14. The molecule has 0 aliphatic rings. The quantitative estimate of drug-likeness (QED) is 0.725. The summed E-state index contributed by atoms with van der Waals surface area (Å²) < 4.78 is 19.6. The lowest BCUT2D eigenvalue weighted by Gasteiger charge is -2.14. The van der Waals surface area contributed by atoms with Crippen LogP contribution in [0.4, 0.5) is 15.9 Å². The fraction of sp³-hybridized carbons (Fsp3) is 0.176. The van der Waals surface area contributed by atoms with E-state index in [0.29, 0.717) is 45.1 Å². The molecule has 1 heterocycles. The third-order valence-electron chi connectivity index (χ3n) is 3.69. The first-order valence-electron chi connectivity index (χ1n) is 7.13. The molecule has 3 aromatic rings. The van der Waals surface area contributed by atoms with Gasteiger partial charge in [-0.3, -0.25) is 0 Å². The first-order valence-corrected chi connectivity index (χ1v) is 7.13. The predicted molar refractivity (Wildman–Crippen MR) is 90.2 cm³/mol. The summed E-state index contributed by atoms with van der Waals surface area (Å²) in [5.41, 5.74) is 8.27. The van der Waals surface area contributed by atoms with Gasteiger partial charge in [-0.25, -0.2) is 14.4 Å². The number of hydrogen-bond acceptors (Lipinski definition) is 5. The lowest BCUT2D eigenvalue weighted by atomic mass is 9.98. The molecule has 0 unspecified atom stereocenters. The summed E-state index contributed by atoms with van der Waals surface area (Å²) in [4.78, 5) is 8.81. The van der Waals surface area contributed by atoms with Crippen molar-refractivity contribution in [2.75, 3.05) is 25.2 Å². The van der Waals surface area contributed by atoms with Crippen LogP contribution in [-0.4, -0.2) is 24.1 Å². The van der Waals surface area contributed by atoms with Gasteiger partial charge >= 0.3 is 0 Å². The smallest absolute Gasteiger partial charge is 0.138 e. The molecule has 5 nitrogen and oxygen atoms in total. The molecule has 0 aliphatic carbocycles. The van der Waals surface area contributed by atoms with E-state index in [2.05, 4.69) is 15.3 Å². The fourth-order valence-corrected chi connectivity index (χ4v) is 2.65. The van der Waals surface area contributed by atoms with Gasteiger partial charge in [0, 0.05) is 29.9 Å². The Bertz CT molecular complexity index is 895. The highest BCUT2D eigenvalue weighted by Gasteiger charge is 2.17. The number of ether oxygens (including phenoxy) is 1. The van der Waals surface area contributed by atoms with Crippen LogP contribution in [0.5, 0.6) is 5.75 Å². The monoisotopic (exact) mass is 312 g/mol. The first-order chi connectivity index (χ1) is 11.0. The van der Waals surface area contributed by atoms with E-state index in [1.165, 1.54) is 13.2 Å². The van der Waals surface area contributed by atoms with Crippen LogP contribution in [0.2, 0.25) is 0 Å². The van der Waals surface area contributed by atoms with Crippen molar-refractivity contribution in [3.05, 3.63) is 42.0 Å². The largest absolute Gasteiger partial charge is 0.497 e. The Kier molecular flexibility index (Phi) is 3.73. The average molecular weight is 312 g/mol. The average Bonchev–Trinajstić information content (AvgIpc) is 2.54. The highest BCUT2D eigenvalue weighted by atomic mass is 19.1. The molecule has 2 aromatic carbocycles. The van der Waals surface area contributed by atoms with Gasteiger partial charge in [-0.15, -0.1) is 0 Å². The SMILES string of the molecule is CNc1nc(C)nc2ccc(N)c(-c3ccc(OC)cc3F)c12.